The highest BCUT2D eigenvalue weighted by atomic mass is 32.2. The molecule has 0 unspecified atom stereocenters. The van der Waals surface area contributed by atoms with E-state index in [4.69, 9.17) is 5.11 Å². The largest absolute Gasteiger partial charge is 0.505 e. The number of aromatic nitrogens is 2. The lowest BCUT2D eigenvalue weighted by molar-refractivity contribution is 0.475. The van der Waals surface area contributed by atoms with Gasteiger partial charge in [-0.3, -0.25) is 0 Å². The summed E-state index contributed by atoms with van der Waals surface area (Å²) in [5, 5.41) is 13.0. The second kappa shape index (κ2) is 3.64. The third kappa shape index (κ3) is 2.06. The molecule has 0 saturated carbocycles. The van der Waals surface area contributed by atoms with Crippen LogP contribution in [0.5, 0.6) is 5.75 Å². The summed E-state index contributed by atoms with van der Waals surface area (Å²) in [6, 6.07) is 6.26. The lowest BCUT2D eigenvalue weighted by atomic mass is 10.3. The summed E-state index contributed by atoms with van der Waals surface area (Å²) in [6.07, 6.45) is 3.90. The standard InChI is InChI=1S/C10H10N2O3S/c1-16(14,15)10-4-2-8(3-5-10)12-7-9(13)6-11-12/h2-7,13H,1H3. The zero-order chi connectivity index (χ0) is 11.8. The summed E-state index contributed by atoms with van der Waals surface area (Å²) in [6.45, 7) is 0. The predicted octanol–water partition coefficient (Wildman–Crippen LogP) is 0.981. The van der Waals surface area contributed by atoms with Gasteiger partial charge in [-0.05, 0) is 24.3 Å². The van der Waals surface area contributed by atoms with Crippen LogP contribution in [0.1, 0.15) is 0 Å². The van der Waals surface area contributed by atoms with Crippen LogP contribution in [0.25, 0.3) is 5.69 Å². The van der Waals surface area contributed by atoms with Crippen LogP contribution in [0.2, 0.25) is 0 Å². The molecule has 1 aromatic carbocycles. The molecule has 1 aromatic heterocycles. The first kappa shape index (κ1) is 10.7. The van der Waals surface area contributed by atoms with E-state index in [9.17, 15) is 8.42 Å². The molecule has 1 N–H and O–H groups in total. The summed E-state index contributed by atoms with van der Waals surface area (Å²) in [5.74, 6) is 0.0622. The zero-order valence-corrected chi connectivity index (χ0v) is 9.35. The van der Waals surface area contributed by atoms with Crippen LogP contribution in [0.15, 0.2) is 41.6 Å². The Kier molecular flexibility index (Phi) is 2.43. The molecule has 84 valence electrons. The average molecular weight is 238 g/mol. The molecule has 16 heavy (non-hydrogen) atoms. The molecular formula is C10H10N2O3S. The Bertz CT molecular complexity index is 599. The number of nitrogens with zero attached hydrogens (tertiary/aromatic N) is 2. The van der Waals surface area contributed by atoms with E-state index in [0.29, 0.717) is 5.69 Å². The van der Waals surface area contributed by atoms with Gasteiger partial charge in [0.2, 0.25) is 0 Å². The van der Waals surface area contributed by atoms with Gasteiger partial charge >= 0.3 is 0 Å². The SMILES string of the molecule is CS(=O)(=O)c1ccc(-n2cc(O)cn2)cc1. The van der Waals surface area contributed by atoms with Crippen LogP contribution < -0.4 is 0 Å². The molecule has 0 amide bonds. The third-order valence-corrected chi connectivity index (χ3v) is 3.23. The Morgan fingerprint density at radius 3 is 2.31 bits per heavy atom. The van der Waals surface area contributed by atoms with Gasteiger partial charge in [0.25, 0.3) is 0 Å². The van der Waals surface area contributed by atoms with Crippen LogP contribution >= 0.6 is 0 Å². The molecule has 0 atom stereocenters. The highest BCUT2D eigenvalue weighted by molar-refractivity contribution is 7.90. The van der Waals surface area contributed by atoms with Crippen molar-refractivity contribution in [1.82, 2.24) is 9.78 Å². The Labute approximate surface area is 92.9 Å². The fourth-order valence-corrected chi connectivity index (χ4v) is 1.93. The molecule has 0 aliphatic carbocycles. The Hall–Kier alpha value is -1.82. The van der Waals surface area contributed by atoms with Crippen molar-refractivity contribution >= 4 is 9.84 Å². The van der Waals surface area contributed by atoms with Crippen molar-refractivity contribution in [2.75, 3.05) is 6.26 Å². The van der Waals surface area contributed by atoms with Gasteiger partial charge < -0.3 is 5.11 Å². The maximum Gasteiger partial charge on any atom is 0.175 e. The summed E-state index contributed by atoms with van der Waals surface area (Å²) in [7, 11) is -3.18. The van der Waals surface area contributed by atoms with Crippen molar-refractivity contribution in [2.24, 2.45) is 0 Å². The normalized spacial score (nSPS) is 11.6. The van der Waals surface area contributed by atoms with Gasteiger partial charge in [-0.2, -0.15) is 5.10 Å². The predicted molar refractivity (Wildman–Crippen MR) is 58.3 cm³/mol. The lowest BCUT2D eigenvalue weighted by Crippen LogP contribution is -1.98. The molecule has 1 heterocycles. The minimum Gasteiger partial charge on any atom is -0.505 e. The van der Waals surface area contributed by atoms with E-state index < -0.39 is 9.84 Å². The topological polar surface area (TPSA) is 72.2 Å². The minimum absolute atomic E-state index is 0.0622. The molecule has 2 aromatic rings. The molecule has 0 radical (unpaired) electrons. The van der Waals surface area contributed by atoms with Crippen molar-refractivity contribution < 1.29 is 13.5 Å². The molecule has 0 bridgehead atoms. The van der Waals surface area contributed by atoms with Crippen molar-refractivity contribution in [3.8, 4) is 11.4 Å². The van der Waals surface area contributed by atoms with Crippen molar-refractivity contribution in [3.63, 3.8) is 0 Å². The van der Waals surface area contributed by atoms with E-state index in [1.807, 2.05) is 0 Å². The van der Waals surface area contributed by atoms with Crippen molar-refractivity contribution in [2.45, 2.75) is 4.90 Å². The Balaban J connectivity index is 2.40. The van der Waals surface area contributed by atoms with Gasteiger partial charge in [-0.15, -0.1) is 0 Å². The maximum atomic E-state index is 11.2. The van der Waals surface area contributed by atoms with E-state index in [2.05, 4.69) is 5.10 Å². The lowest BCUT2D eigenvalue weighted by Gasteiger charge is -2.02. The van der Waals surface area contributed by atoms with Crippen LogP contribution in [0.3, 0.4) is 0 Å². The van der Waals surface area contributed by atoms with Gasteiger partial charge in [-0.25, -0.2) is 13.1 Å². The molecule has 0 aliphatic rings. The van der Waals surface area contributed by atoms with E-state index in [0.717, 1.165) is 6.26 Å². The van der Waals surface area contributed by atoms with Crippen LogP contribution in [-0.2, 0) is 9.84 Å². The second-order valence-electron chi connectivity index (χ2n) is 3.41. The first-order valence-electron chi connectivity index (χ1n) is 4.51. The molecular weight excluding hydrogens is 228 g/mol. The number of hydrogen-bond donors (Lipinski definition) is 1. The molecule has 0 spiro atoms. The summed E-state index contributed by atoms with van der Waals surface area (Å²) >= 11 is 0. The van der Waals surface area contributed by atoms with Crippen LogP contribution in [-0.4, -0.2) is 29.6 Å². The van der Waals surface area contributed by atoms with Gasteiger partial charge in [0.1, 0.15) is 0 Å². The monoisotopic (exact) mass is 238 g/mol. The fourth-order valence-electron chi connectivity index (χ4n) is 1.30. The Morgan fingerprint density at radius 2 is 1.88 bits per heavy atom. The molecule has 0 fully saturated rings. The molecule has 0 aliphatic heterocycles. The number of rotatable bonds is 2. The van der Waals surface area contributed by atoms with Gasteiger partial charge in [-0.1, -0.05) is 0 Å². The van der Waals surface area contributed by atoms with Crippen LogP contribution in [0, 0.1) is 0 Å². The highest BCUT2D eigenvalue weighted by Gasteiger charge is 2.07. The minimum atomic E-state index is -3.18. The molecule has 6 heteroatoms. The van der Waals surface area contributed by atoms with Gasteiger partial charge in [0.05, 0.1) is 23.0 Å². The first-order chi connectivity index (χ1) is 7.47. The zero-order valence-electron chi connectivity index (χ0n) is 8.53. The van der Waals surface area contributed by atoms with E-state index in [1.54, 1.807) is 12.1 Å². The highest BCUT2D eigenvalue weighted by Crippen LogP contribution is 2.15. The molecule has 5 nitrogen and oxygen atoms in total. The van der Waals surface area contributed by atoms with E-state index >= 15 is 0 Å². The number of sulfone groups is 1. The maximum absolute atomic E-state index is 11.2. The summed E-state index contributed by atoms with van der Waals surface area (Å²) in [4.78, 5) is 0.257. The third-order valence-electron chi connectivity index (χ3n) is 2.10. The van der Waals surface area contributed by atoms with Crippen LogP contribution in [0.4, 0.5) is 0 Å². The average Bonchev–Trinajstić information content (AvgIpc) is 2.64. The smallest absolute Gasteiger partial charge is 0.175 e. The quantitative estimate of drug-likeness (QED) is 0.846. The fraction of sp³-hybridized carbons (Fsp3) is 0.100. The van der Waals surface area contributed by atoms with Gasteiger partial charge in [0.15, 0.2) is 15.6 Å². The number of aromatic hydroxyl groups is 1. The van der Waals surface area contributed by atoms with Gasteiger partial charge in [0, 0.05) is 6.26 Å². The molecule has 0 saturated heterocycles. The van der Waals surface area contributed by atoms with Crippen molar-refractivity contribution in [1.29, 1.82) is 0 Å². The summed E-state index contributed by atoms with van der Waals surface area (Å²) < 4.78 is 23.9. The van der Waals surface area contributed by atoms with E-state index in [1.165, 1.54) is 29.2 Å². The Morgan fingerprint density at radius 1 is 1.25 bits per heavy atom. The summed E-state index contributed by atoms with van der Waals surface area (Å²) in [5.41, 5.74) is 0.688. The molecule has 2 rings (SSSR count). The number of benzene rings is 1. The second-order valence-corrected chi connectivity index (χ2v) is 5.42. The number of hydrogen-bond acceptors (Lipinski definition) is 4. The van der Waals surface area contributed by atoms with E-state index in [-0.39, 0.29) is 10.6 Å². The van der Waals surface area contributed by atoms with Crippen molar-refractivity contribution in [3.05, 3.63) is 36.7 Å². The first-order valence-corrected chi connectivity index (χ1v) is 6.40.